The number of carbonyl (C=O) groups excluding carboxylic acids is 4. The summed E-state index contributed by atoms with van der Waals surface area (Å²) in [4.78, 5) is 83.8. The lowest BCUT2D eigenvalue weighted by atomic mass is 10.1. The Kier molecular flexibility index (Phi) is 14.7. The number of ether oxygens (including phenoxy) is 2. The first-order chi connectivity index (χ1) is 25.8. The third-order valence-electron chi connectivity index (χ3n) is 8.12. The van der Waals surface area contributed by atoms with Gasteiger partial charge in [0.05, 0.1) is 35.3 Å². The summed E-state index contributed by atoms with van der Waals surface area (Å²) in [6.07, 6.45) is 4.60. The molecule has 0 aliphatic carbocycles. The van der Waals surface area contributed by atoms with E-state index in [1.165, 1.54) is 54.9 Å². The first-order valence-electron chi connectivity index (χ1n) is 17.0. The number of imidazole rings is 2. The van der Waals surface area contributed by atoms with Gasteiger partial charge in [0.2, 0.25) is 17.6 Å². The molecule has 4 rings (SSSR count). The molecule has 4 N–H and O–H groups in total. The smallest absolute Gasteiger partial charge is 0.322 e. The summed E-state index contributed by atoms with van der Waals surface area (Å²) in [5.41, 5.74) is -0.479. The number of nitro benzene ring substituents is 1. The van der Waals surface area contributed by atoms with E-state index in [1.807, 2.05) is 0 Å². The molecule has 2 aromatic heterocycles. The number of hydrogen-bond acceptors (Lipinski definition) is 13. The zero-order chi connectivity index (χ0) is 39.5. The van der Waals surface area contributed by atoms with Gasteiger partial charge in [-0.15, -0.1) is 23.5 Å². The number of aliphatic carboxylic acids is 1. The highest BCUT2D eigenvalue weighted by atomic mass is 32.2. The number of anilines is 2. The van der Waals surface area contributed by atoms with Gasteiger partial charge in [-0.2, -0.15) is 0 Å². The molecular weight excluding hydrogens is 747 g/mol. The van der Waals surface area contributed by atoms with Gasteiger partial charge in [0, 0.05) is 45.5 Å². The summed E-state index contributed by atoms with van der Waals surface area (Å²) >= 11 is 3.54. The van der Waals surface area contributed by atoms with E-state index in [1.54, 1.807) is 28.4 Å². The SMILES string of the molecule is CCSC(SCC)[C@@H]1CCCN1C(=O)c1cc(OC)c(OCCCC(=O)Nc2cn(C)c(C(=O)Nc3cn(C)c(C(=O)NCC(=O)O)n3)n2)cc1[N+](=O)[O-]. The van der Waals surface area contributed by atoms with Gasteiger partial charge in [-0.3, -0.25) is 34.1 Å². The van der Waals surface area contributed by atoms with Crippen LogP contribution in [-0.2, 0) is 23.7 Å². The maximum atomic E-state index is 13.8. The molecule has 3 heterocycles. The Balaban J connectivity index is 1.34. The van der Waals surface area contributed by atoms with Crippen molar-refractivity contribution in [3.63, 3.8) is 0 Å². The van der Waals surface area contributed by atoms with Crippen LogP contribution in [-0.4, -0.2) is 113 Å². The number of carboxylic acids is 1. The van der Waals surface area contributed by atoms with Gasteiger partial charge in [-0.1, -0.05) is 13.8 Å². The van der Waals surface area contributed by atoms with Crippen molar-refractivity contribution in [2.75, 3.05) is 48.9 Å². The van der Waals surface area contributed by atoms with Crippen LogP contribution in [0.4, 0.5) is 17.3 Å². The summed E-state index contributed by atoms with van der Waals surface area (Å²) in [7, 11) is 4.41. The molecule has 1 aliphatic rings. The summed E-state index contributed by atoms with van der Waals surface area (Å²) < 4.78 is 14.1. The maximum Gasteiger partial charge on any atom is 0.322 e. The van der Waals surface area contributed by atoms with Crippen molar-refractivity contribution in [3.05, 3.63) is 51.9 Å². The van der Waals surface area contributed by atoms with Gasteiger partial charge in [0.1, 0.15) is 12.1 Å². The Labute approximate surface area is 319 Å². The monoisotopic (exact) mass is 789 g/mol. The van der Waals surface area contributed by atoms with E-state index in [9.17, 15) is 34.1 Å². The summed E-state index contributed by atoms with van der Waals surface area (Å²) in [6, 6.07) is 2.47. The number of carbonyl (C=O) groups is 5. The average Bonchev–Trinajstić information content (AvgIpc) is 3.86. The number of nitrogens with zero attached hydrogens (tertiary/aromatic N) is 6. The quantitative estimate of drug-likeness (QED) is 0.0589. The highest BCUT2D eigenvalue weighted by Crippen LogP contribution is 2.39. The van der Waals surface area contributed by atoms with Gasteiger partial charge in [-0.25, -0.2) is 9.97 Å². The number of methoxy groups -OCH3 is 1. The molecule has 1 aliphatic heterocycles. The molecule has 1 atom stereocenters. The Bertz CT molecular complexity index is 1880. The number of aryl methyl sites for hydroxylation is 2. The molecule has 0 radical (unpaired) electrons. The molecule has 0 bridgehead atoms. The summed E-state index contributed by atoms with van der Waals surface area (Å²) in [6.45, 7) is 4.03. The summed E-state index contributed by atoms with van der Waals surface area (Å²) in [5.74, 6) is -1.64. The number of nitrogens with one attached hydrogen (secondary N) is 3. The van der Waals surface area contributed by atoms with Crippen LogP contribution in [0.15, 0.2) is 24.5 Å². The normalized spacial score (nSPS) is 13.8. The van der Waals surface area contributed by atoms with Crippen molar-refractivity contribution in [3.8, 4) is 11.5 Å². The predicted molar refractivity (Wildman–Crippen MR) is 201 cm³/mol. The molecule has 21 heteroatoms. The molecule has 1 fully saturated rings. The molecule has 0 saturated carbocycles. The predicted octanol–water partition coefficient (Wildman–Crippen LogP) is 3.37. The molecule has 292 valence electrons. The van der Waals surface area contributed by atoms with E-state index in [0.29, 0.717) is 6.54 Å². The van der Waals surface area contributed by atoms with Gasteiger partial charge < -0.3 is 44.6 Å². The highest BCUT2D eigenvalue weighted by molar-refractivity contribution is 8.17. The van der Waals surface area contributed by atoms with E-state index in [4.69, 9.17) is 14.6 Å². The lowest BCUT2D eigenvalue weighted by molar-refractivity contribution is -0.385. The van der Waals surface area contributed by atoms with Crippen LogP contribution < -0.4 is 25.4 Å². The van der Waals surface area contributed by atoms with Gasteiger partial charge in [0.15, 0.2) is 23.1 Å². The Morgan fingerprint density at radius 1 is 1.00 bits per heavy atom. The molecule has 54 heavy (non-hydrogen) atoms. The van der Waals surface area contributed by atoms with Crippen LogP contribution >= 0.6 is 23.5 Å². The third kappa shape index (κ3) is 10.4. The van der Waals surface area contributed by atoms with Crippen LogP contribution in [0.5, 0.6) is 11.5 Å². The van der Waals surface area contributed by atoms with Crippen molar-refractivity contribution < 1.29 is 43.5 Å². The number of benzene rings is 1. The first kappa shape index (κ1) is 41.4. The second kappa shape index (κ2) is 19.1. The van der Waals surface area contributed by atoms with E-state index in [2.05, 4.69) is 39.8 Å². The third-order valence-corrected chi connectivity index (χ3v) is 10.9. The number of rotatable bonds is 19. The lowest BCUT2D eigenvalue weighted by Crippen LogP contribution is -2.41. The fraction of sp³-hybridized carbons (Fsp3) is 0.485. The average molecular weight is 790 g/mol. The second-order valence-electron chi connectivity index (χ2n) is 11.9. The fourth-order valence-electron chi connectivity index (χ4n) is 5.73. The Hall–Kier alpha value is -5.31. The van der Waals surface area contributed by atoms with Crippen molar-refractivity contribution in [2.45, 2.75) is 50.2 Å². The second-order valence-corrected chi connectivity index (χ2v) is 15.1. The van der Waals surface area contributed by atoms with Gasteiger partial charge in [-0.05, 0) is 30.8 Å². The number of thioether (sulfide) groups is 2. The molecule has 3 aromatic rings. The Morgan fingerprint density at radius 2 is 1.63 bits per heavy atom. The van der Waals surface area contributed by atoms with Crippen LogP contribution in [0.3, 0.4) is 0 Å². The van der Waals surface area contributed by atoms with Crippen molar-refractivity contribution in [2.24, 2.45) is 14.1 Å². The van der Waals surface area contributed by atoms with E-state index < -0.39 is 46.8 Å². The van der Waals surface area contributed by atoms with Crippen molar-refractivity contribution in [1.82, 2.24) is 29.3 Å². The topological polar surface area (TPSA) is 242 Å². The molecular formula is C33H43N9O10S2. The highest BCUT2D eigenvalue weighted by Gasteiger charge is 2.38. The van der Waals surface area contributed by atoms with Crippen LogP contribution in [0, 0.1) is 10.1 Å². The van der Waals surface area contributed by atoms with Gasteiger partial charge in [0.25, 0.3) is 23.4 Å². The van der Waals surface area contributed by atoms with Crippen molar-refractivity contribution in [1.29, 1.82) is 0 Å². The fourth-order valence-corrected chi connectivity index (χ4v) is 8.60. The number of aromatic nitrogens is 4. The standard InChI is InChI=1S/C33H43N9O10S2/c1-6-53-33(54-7-2)20-10-8-12-41(20)32(48)19-14-22(51-5)23(15-21(19)42(49)50)52-13-9-11-26(43)35-24-17-40(4)29(36-24)31(47)38-25-18-39(3)28(37-25)30(46)34-16-27(44)45/h14-15,17-18,20,33H,6-13,16H2,1-5H3,(H,34,46)(H,35,43)(H,38,47)(H,44,45)/t20-/m0/s1. The van der Waals surface area contributed by atoms with Crippen molar-refractivity contribution >= 4 is 70.4 Å². The van der Waals surface area contributed by atoms with Crippen LogP contribution in [0.2, 0.25) is 0 Å². The largest absolute Gasteiger partial charge is 0.493 e. The number of likely N-dealkylation sites (tertiary alicyclic amines) is 1. The van der Waals surface area contributed by atoms with E-state index in [0.717, 1.165) is 24.3 Å². The number of hydrogen-bond donors (Lipinski definition) is 4. The zero-order valence-electron chi connectivity index (χ0n) is 30.4. The first-order valence-corrected chi connectivity index (χ1v) is 19.1. The number of nitro groups is 1. The zero-order valence-corrected chi connectivity index (χ0v) is 32.1. The molecule has 1 aromatic carbocycles. The molecule has 0 spiro atoms. The molecule has 1 saturated heterocycles. The maximum absolute atomic E-state index is 13.8. The van der Waals surface area contributed by atoms with Crippen LogP contribution in [0.1, 0.15) is 71.1 Å². The number of amides is 4. The lowest BCUT2D eigenvalue weighted by Gasteiger charge is -2.31. The minimum absolute atomic E-state index is 0.0111. The van der Waals surface area contributed by atoms with E-state index >= 15 is 0 Å². The molecule has 19 nitrogen and oxygen atoms in total. The molecule has 4 amide bonds. The summed E-state index contributed by atoms with van der Waals surface area (Å²) in [5, 5.41) is 28.2. The Morgan fingerprint density at radius 3 is 2.22 bits per heavy atom. The van der Waals surface area contributed by atoms with Crippen LogP contribution in [0.25, 0.3) is 0 Å². The van der Waals surface area contributed by atoms with Gasteiger partial charge >= 0.3 is 5.97 Å². The van der Waals surface area contributed by atoms with E-state index in [-0.39, 0.29) is 70.4 Å². The molecule has 0 unspecified atom stereocenters. The number of carboxylic acid groups (broad SMARTS) is 1. The minimum atomic E-state index is -1.23. The minimum Gasteiger partial charge on any atom is -0.493 e.